The Bertz CT molecular complexity index is 592. The molecule has 0 saturated carbocycles. The van der Waals surface area contributed by atoms with E-state index in [2.05, 4.69) is 16.4 Å². The lowest BCUT2D eigenvalue weighted by atomic mass is 10.1. The Morgan fingerprint density at radius 3 is 2.77 bits per heavy atom. The predicted molar refractivity (Wildman–Crippen MR) is 99.3 cm³/mol. The van der Waals surface area contributed by atoms with E-state index in [1.807, 2.05) is 11.4 Å². The number of guanidine groups is 1. The van der Waals surface area contributed by atoms with Crippen molar-refractivity contribution in [3.8, 4) is 0 Å². The molecule has 0 bridgehead atoms. The van der Waals surface area contributed by atoms with E-state index < -0.39 is 11.9 Å². The Morgan fingerprint density at radius 1 is 1.32 bits per heavy atom. The average Bonchev–Trinajstić information content (AvgIpc) is 2.98. The van der Waals surface area contributed by atoms with Crippen molar-refractivity contribution in [1.82, 2.24) is 5.32 Å². The largest absolute Gasteiger partial charge is 0.386 e. The number of nitrogens with zero attached hydrogens (tertiary/aromatic N) is 1. The van der Waals surface area contributed by atoms with Crippen molar-refractivity contribution in [1.29, 1.82) is 0 Å². The number of benzene rings is 1. The molecule has 0 fully saturated rings. The standard InChI is InChI=1S/C15H18FN3OS.HI/c16-13-6-2-1-5-12(13)14(20)10-19-15(17)18-8-7-11-4-3-9-21-11;/h1-6,9,14,20H,7-8,10H2,(H3,17,18,19);1H. The van der Waals surface area contributed by atoms with Crippen LogP contribution in [-0.4, -0.2) is 24.2 Å². The normalized spacial score (nSPS) is 12.5. The molecule has 1 atom stereocenters. The van der Waals surface area contributed by atoms with Crippen molar-refractivity contribution in [2.45, 2.75) is 12.5 Å². The van der Waals surface area contributed by atoms with Crippen LogP contribution in [0.3, 0.4) is 0 Å². The quantitative estimate of drug-likeness (QED) is 0.371. The van der Waals surface area contributed by atoms with Gasteiger partial charge in [-0.05, 0) is 23.9 Å². The van der Waals surface area contributed by atoms with Gasteiger partial charge in [-0.25, -0.2) is 4.39 Å². The molecule has 0 aliphatic rings. The fourth-order valence-corrected chi connectivity index (χ4v) is 2.56. The van der Waals surface area contributed by atoms with E-state index in [1.54, 1.807) is 23.5 Å². The van der Waals surface area contributed by atoms with Crippen molar-refractivity contribution in [2.24, 2.45) is 10.7 Å². The summed E-state index contributed by atoms with van der Waals surface area (Å²) in [6.07, 6.45) is -0.132. The molecule has 22 heavy (non-hydrogen) atoms. The molecule has 2 rings (SSSR count). The van der Waals surface area contributed by atoms with Crippen molar-refractivity contribution in [3.05, 3.63) is 58.0 Å². The molecule has 120 valence electrons. The van der Waals surface area contributed by atoms with Gasteiger partial charge in [0.15, 0.2) is 5.96 Å². The monoisotopic (exact) mass is 435 g/mol. The maximum atomic E-state index is 13.5. The Hall–Kier alpha value is -1.19. The van der Waals surface area contributed by atoms with Crippen molar-refractivity contribution >= 4 is 41.3 Å². The van der Waals surface area contributed by atoms with Gasteiger partial charge in [0.25, 0.3) is 0 Å². The summed E-state index contributed by atoms with van der Waals surface area (Å²) in [5, 5.41) is 14.9. The number of aliphatic imine (C=N–C) groups is 1. The minimum Gasteiger partial charge on any atom is -0.386 e. The third kappa shape index (κ3) is 5.90. The summed E-state index contributed by atoms with van der Waals surface area (Å²) in [6.45, 7) is 0.699. The average molecular weight is 435 g/mol. The second kappa shape index (κ2) is 9.75. The zero-order valence-corrected chi connectivity index (χ0v) is 15.1. The van der Waals surface area contributed by atoms with Crippen LogP contribution >= 0.6 is 35.3 Å². The molecule has 1 aromatic carbocycles. The molecule has 0 aliphatic heterocycles. The number of nitrogens with one attached hydrogen (secondary N) is 1. The summed E-state index contributed by atoms with van der Waals surface area (Å²) in [4.78, 5) is 5.30. The van der Waals surface area contributed by atoms with Crippen molar-refractivity contribution < 1.29 is 9.50 Å². The molecule has 0 spiro atoms. The van der Waals surface area contributed by atoms with Gasteiger partial charge in [0.05, 0.1) is 6.54 Å². The van der Waals surface area contributed by atoms with Crippen LogP contribution in [0.2, 0.25) is 0 Å². The molecule has 1 aromatic heterocycles. The number of rotatable bonds is 6. The highest BCUT2D eigenvalue weighted by Gasteiger charge is 2.11. The number of aliphatic hydroxyl groups excluding tert-OH is 1. The van der Waals surface area contributed by atoms with Gasteiger partial charge in [-0.15, -0.1) is 35.3 Å². The molecule has 0 saturated heterocycles. The Kier molecular flexibility index (Phi) is 8.36. The number of hydrogen-bond acceptors (Lipinski definition) is 3. The number of halogens is 2. The van der Waals surface area contributed by atoms with Gasteiger partial charge in [-0.2, -0.15) is 0 Å². The molecular formula is C15H19FIN3OS. The van der Waals surface area contributed by atoms with Crippen LogP contribution in [0, 0.1) is 5.82 Å². The molecule has 4 N–H and O–H groups in total. The SMILES string of the molecule is I.NC(=NCC(O)c1ccccc1F)NCCc1cccs1. The zero-order valence-electron chi connectivity index (χ0n) is 11.9. The summed E-state index contributed by atoms with van der Waals surface area (Å²) >= 11 is 1.69. The highest BCUT2D eigenvalue weighted by Crippen LogP contribution is 2.16. The van der Waals surface area contributed by atoms with Gasteiger partial charge in [0.2, 0.25) is 0 Å². The molecule has 0 amide bonds. The van der Waals surface area contributed by atoms with Crippen LogP contribution < -0.4 is 11.1 Å². The van der Waals surface area contributed by atoms with Crippen LogP contribution in [0.15, 0.2) is 46.8 Å². The molecule has 0 radical (unpaired) electrons. The second-order valence-corrected chi connectivity index (χ2v) is 5.55. The Labute approximate surface area is 150 Å². The number of nitrogens with two attached hydrogens (primary N) is 1. The van der Waals surface area contributed by atoms with Crippen LogP contribution in [0.1, 0.15) is 16.5 Å². The lowest BCUT2D eigenvalue weighted by Gasteiger charge is -2.10. The summed E-state index contributed by atoms with van der Waals surface area (Å²) in [6, 6.07) is 10.2. The summed E-state index contributed by atoms with van der Waals surface area (Å²) in [7, 11) is 0. The highest BCUT2D eigenvalue weighted by atomic mass is 127. The molecular weight excluding hydrogens is 416 g/mol. The molecule has 2 aromatic rings. The first-order valence-corrected chi connectivity index (χ1v) is 7.53. The van der Waals surface area contributed by atoms with Gasteiger partial charge < -0.3 is 16.2 Å². The third-order valence-electron chi connectivity index (χ3n) is 2.96. The first-order valence-electron chi connectivity index (χ1n) is 6.65. The maximum Gasteiger partial charge on any atom is 0.188 e. The Balaban J connectivity index is 0.00000242. The first-order chi connectivity index (χ1) is 10.2. The fraction of sp³-hybridized carbons (Fsp3) is 0.267. The molecule has 7 heteroatoms. The van der Waals surface area contributed by atoms with E-state index >= 15 is 0 Å². The number of hydrogen-bond donors (Lipinski definition) is 3. The van der Waals surface area contributed by atoms with Gasteiger partial charge >= 0.3 is 0 Å². The van der Waals surface area contributed by atoms with E-state index in [1.165, 1.54) is 17.0 Å². The lowest BCUT2D eigenvalue weighted by Crippen LogP contribution is -2.33. The van der Waals surface area contributed by atoms with Gasteiger partial charge in [-0.1, -0.05) is 24.3 Å². The van der Waals surface area contributed by atoms with E-state index in [0.29, 0.717) is 6.54 Å². The smallest absolute Gasteiger partial charge is 0.188 e. The molecule has 4 nitrogen and oxygen atoms in total. The first kappa shape index (κ1) is 18.9. The van der Waals surface area contributed by atoms with E-state index in [0.717, 1.165) is 6.42 Å². The molecule has 1 unspecified atom stereocenters. The van der Waals surface area contributed by atoms with Crippen LogP contribution in [0.5, 0.6) is 0 Å². The van der Waals surface area contributed by atoms with Crippen molar-refractivity contribution in [2.75, 3.05) is 13.1 Å². The summed E-state index contributed by atoms with van der Waals surface area (Å²) in [5.41, 5.74) is 5.94. The van der Waals surface area contributed by atoms with Crippen LogP contribution in [0.4, 0.5) is 4.39 Å². The predicted octanol–water partition coefficient (Wildman–Crippen LogP) is 2.69. The van der Waals surface area contributed by atoms with E-state index in [-0.39, 0.29) is 42.0 Å². The summed E-state index contributed by atoms with van der Waals surface area (Å²) in [5.74, 6) is -0.189. The van der Waals surface area contributed by atoms with Gasteiger partial charge in [0, 0.05) is 17.0 Å². The zero-order chi connectivity index (χ0) is 15.1. The minimum absolute atomic E-state index is 0. The summed E-state index contributed by atoms with van der Waals surface area (Å²) < 4.78 is 13.5. The third-order valence-corrected chi connectivity index (χ3v) is 3.89. The second-order valence-electron chi connectivity index (χ2n) is 4.52. The minimum atomic E-state index is -0.996. The van der Waals surface area contributed by atoms with Gasteiger partial charge in [0.1, 0.15) is 11.9 Å². The Morgan fingerprint density at radius 2 is 2.09 bits per heavy atom. The fourth-order valence-electron chi connectivity index (χ4n) is 1.85. The number of aliphatic hydroxyl groups is 1. The maximum absolute atomic E-state index is 13.5. The van der Waals surface area contributed by atoms with Crippen LogP contribution in [0.25, 0.3) is 0 Å². The molecule has 1 heterocycles. The lowest BCUT2D eigenvalue weighted by molar-refractivity contribution is 0.182. The highest BCUT2D eigenvalue weighted by molar-refractivity contribution is 14.0. The number of thiophene rings is 1. The molecule has 0 aliphatic carbocycles. The van der Waals surface area contributed by atoms with E-state index in [9.17, 15) is 9.50 Å². The van der Waals surface area contributed by atoms with Crippen LogP contribution in [-0.2, 0) is 6.42 Å². The topological polar surface area (TPSA) is 70.6 Å². The van der Waals surface area contributed by atoms with Crippen molar-refractivity contribution in [3.63, 3.8) is 0 Å². The van der Waals surface area contributed by atoms with Gasteiger partial charge in [-0.3, -0.25) is 4.99 Å². The van der Waals surface area contributed by atoms with E-state index in [4.69, 9.17) is 5.73 Å².